The molecule has 1 aromatic heterocycles. The molecule has 8 heteroatoms. The summed E-state index contributed by atoms with van der Waals surface area (Å²) >= 11 is 0. The zero-order chi connectivity index (χ0) is 24.7. The molecule has 5 rings (SSSR count). The van der Waals surface area contributed by atoms with Crippen molar-refractivity contribution in [2.24, 2.45) is 23.7 Å². The Balaban J connectivity index is 1.50. The summed E-state index contributed by atoms with van der Waals surface area (Å²) in [5, 5.41) is 21.6. The monoisotopic (exact) mass is 472 g/mol. The third kappa shape index (κ3) is 5.38. The number of hydrogen-bond acceptors (Lipinski definition) is 5. The summed E-state index contributed by atoms with van der Waals surface area (Å²) in [6.45, 7) is 8.04. The van der Waals surface area contributed by atoms with Gasteiger partial charge in [0.25, 0.3) is 5.91 Å². The van der Waals surface area contributed by atoms with Gasteiger partial charge in [-0.2, -0.15) is 5.10 Å². The van der Waals surface area contributed by atoms with Crippen LogP contribution in [0, 0.1) is 23.7 Å². The molecule has 4 bridgehead atoms. The van der Waals surface area contributed by atoms with Crippen molar-refractivity contribution in [3.63, 3.8) is 0 Å². The van der Waals surface area contributed by atoms with Gasteiger partial charge in [0.1, 0.15) is 6.61 Å². The maximum Gasteiger partial charge on any atom is 0.255 e. The third-order valence-corrected chi connectivity index (χ3v) is 7.65. The lowest BCUT2D eigenvalue weighted by Crippen LogP contribution is -2.61. The molecule has 4 aliphatic rings. The van der Waals surface area contributed by atoms with Crippen molar-refractivity contribution in [2.45, 2.75) is 83.4 Å². The van der Waals surface area contributed by atoms with Crippen LogP contribution in [0.4, 0.5) is 0 Å². The van der Waals surface area contributed by atoms with E-state index in [4.69, 9.17) is 4.74 Å². The fourth-order valence-corrected chi connectivity index (χ4v) is 6.57. The molecular formula is C26H40N4O4. The summed E-state index contributed by atoms with van der Waals surface area (Å²) < 4.78 is 6.64. The van der Waals surface area contributed by atoms with E-state index in [2.05, 4.69) is 29.6 Å². The summed E-state index contributed by atoms with van der Waals surface area (Å²) in [5.41, 5.74) is 0.360. The number of aromatic nitrogens is 2. The second kappa shape index (κ2) is 9.46. The first kappa shape index (κ1) is 24.9. The fourth-order valence-electron chi connectivity index (χ4n) is 6.57. The van der Waals surface area contributed by atoms with Crippen LogP contribution >= 0.6 is 0 Å². The zero-order valence-corrected chi connectivity index (χ0v) is 21.1. The molecule has 4 aliphatic carbocycles. The number of carbonyl (C=O) groups is 2. The van der Waals surface area contributed by atoms with E-state index in [-0.39, 0.29) is 24.5 Å². The molecule has 0 radical (unpaired) electrons. The van der Waals surface area contributed by atoms with Crippen molar-refractivity contribution in [3.05, 3.63) is 23.5 Å². The number of rotatable bonds is 9. The van der Waals surface area contributed by atoms with Gasteiger partial charge >= 0.3 is 0 Å². The van der Waals surface area contributed by atoms with Gasteiger partial charge in [0, 0.05) is 19.4 Å². The summed E-state index contributed by atoms with van der Waals surface area (Å²) in [5.74, 6) is 1.40. The zero-order valence-electron chi connectivity index (χ0n) is 21.1. The number of nitrogens with zero attached hydrogens (tertiary/aromatic N) is 2. The van der Waals surface area contributed by atoms with Gasteiger partial charge in [0.15, 0.2) is 0 Å². The summed E-state index contributed by atoms with van der Waals surface area (Å²) in [7, 11) is 1.49. The van der Waals surface area contributed by atoms with E-state index in [1.165, 1.54) is 7.11 Å². The molecular weight excluding hydrogens is 432 g/mol. The van der Waals surface area contributed by atoms with Crippen molar-refractivity contribution < 1.29 is 19.4 Å². The van der Waals surface area contributed by atoms with E-state index in [0.29, 0.717) is 35.7 Å². The van der Waals surface area contributed by atoms with Gasteiger partial charge in [-0.3, -0.25) is 9.59 Å². The molecule has 1 aromatic rings. The lowest BCUT2D eigenvalue weighted by Gasteiger charge is -2.58. The van der Waals surface area contributed by atoms with Gasteiger partial charge < -0.3 is 20.5 Å². The lowest BCUT2D eigenvalue weighted by molar-refractivity contribution is -0.137. The highest BCUT2D eigenvalue weighted by molar-refractivity contribution is 5.95. The van der Waals surface area contributed by atoms with Gasteiger partial charge in [-0.05, 0) is 82.1 Å². The van der Waals surface area contributed by atoms with Crippen molar-refractivity contribution in [1.82, 2.24) is 20.4 Å². The lowest BCUT2D eigenvalue weighted by atomic mass is 9.52. The minimum Gasteiger partial charge on any atom is -0.390 e. The van der Waals surface area contributed by atoms with E-state index in [0.717, 1.165) is 37.8 Å². The Labute approximate surface area is 202 Å². The minimum absolute atomic E-state index is 0.00324. The molecule has 2 unspecified atom stereocenters. The fraction of sp³-hybridized carbons (Fsp3) is 0.731. The predicted molar refractivity (Wildman–Crippen MR) is 130 cm³/mol. The first-order chi connectivity index (χ1) is 16.0. The summed E-state index contributed by atoms with van der Waals surface area (Å²) in [4.78, 5) is 25.4. The predicted octanol–water partition coefficient (Wildman–Crippen LogP) is 2.76. The van der Waals surface area contributed by atoms with Crippen molar-refractivity contribution in [1.29, 1.82) is 0 Å². The number of nitrogens with one attached hydrogen (secondary N) is 2. The topological polar surface area (TPSA) is 105 Å². The Kier molecular flexibility index (Phi) is 6.93. The molecule has 0 aromatic carbocycles. The largest absolute Gasteiger partial charge is 0.390 e. The van der Waals surface area contributed by atoms with Gasteiger partial charge in [-0.25, -0.2) is 4.68 Å². The first-order valence-corrected chi connectivity index (χ1v) is 12.6. The molecule has 0 saturated heterocycles. The van der Waals surface area contributed by atoms with Crippen LogP contribution in [-0.2, 0) is 16.0 Å². The Morgan fingerprint density at radius 1 is 1.29 bits per heavy atom. The van der Waals surface area contributed by atoms with Crippen LogP contribution < -0.4 is 10.6 Å². The molecule has 8 nitrogen and oxygen atoms in total. The van der Waals surface area contributed by atoms with Crippen LogP contribution in [0.1, 0.15) is 75.9 Å². The second-order valence-corrected chi connectivity index (χ2v) is 11.8. The van der Waals surface area contributed by atoms with E-state index in [9.17, 15) is 14.7 Å². The molecule has 2 amide bonds. The van der Waals surface area contributed by atoms with Gasteiger partial charge in [0.05, 0.1) is 28.6 Å². The molecule has 2 atom stereocenters. The molecule has 34 heavy (non-hydrogen) atoms. The minimum atomic E-state index is -0.597. The number of methoxy groups -OCH3 is 1. The number of carbonyl (C=O) groups excluding carboxylic acids is 2. The third-order valence-electron chi connectivity index (χ3n) is 7.65. The van der Waals surface area contributed by atoms with E-state index >= 15 is 0 Å². The SMILES string of the molecule is COCC(=O)NC(C)(C)/C=C/n1ncc(C(=O)N[C@H]2C3CC4CC2C[C@](O)(C4)C3)c1CC(C)C. The van der Waals surface area contributed by atoms with Crippen LogP contribution in [0.5, 0.6) is 0 Å². The van der Waals surface area contributed by atoms with Gasteiger partial charge in [-0.1, -0.05) is 13.8 Å². The van der Waals surface area contributed by atoms with Crippen LogP contribution in [0.25, 0.3) is 6.20 Å². The number of amides is 2. The van der Waals surface area contributed by atoms with Crippen LogP contribution in [0.3, 0.4) is 0 Å². The normalized spacial score (nSPS) is 30.3. The van der Waals surface area contributed by atoms with E-state index < -0.39 is 11.1 Å². The first-order valence-electron chi connectivity index (χ1n) is 12.6. The molecule has 3 N–H and O–H groups in total. The van der Waals surface area contributed by atoms with Crippen molar-refractivity contribution >= 4 is 18.0 Å². The van der Waals surface area contributed by atoms with Crippen LogP contribution in [-0.4, -0.2) is 57.6 Å². The molecule has 0 aliphatic heterocycles. The smallest absolute Gasteiger partial charge is 0.255 e. The maximum atomic E-state index is 13.4. The average molecular weight is 473 g/mol. The van der Waals surface area contributed by atoms with Crippen molar-refractivity contribution in [2.75, 3.05) is 13.7 Å². The van der Waals surface area contributed by atoms with Gasteiger partial charge in [-0.15, -0.1) is 0 Å². The summed E-state index contributed by atoms with van der Waals surface area (Å²) in [6, 6.07) is 0.130. The Hall–Kier alpha value is -2.19. The Morgan fingerprint density at radius 3 is 2.56 bits per heavy atom. The number of ether oxygens (including phenoxy) is 1. The highest BCUT2D eigenvalue weighted by Crippen LogP contribution is 2.55. The number of hydrogen-bond donors (Lipinski definition) is 3. The van der Waals surface area contributed by atoms with Crippen LogP contribution in [0.15, 0.2) is 12.3 Å². The Morgan fingerprint density at radius 2 is 1.97 bits per heavy atom. The van der Waals surface area contributed by atoms with Crippen LogP contribution in [0.2, 0.25) is 0 Å². The Bertz CT molecular complexity index is 935. The standard InChI is InChI=1S/C26H40N4O4/c1-16(2)8-21-20(14-27-30(21)7-6-25(3,4)29-22(31)15-34-5)24(32)28-23-18-9-17-10-19(23)13-26(33,11-17)12-18/h6-7,14,16-19,23,33H,8-13,15H2,1-5H3,(H,28,32)(H,29,31)/b7-6+/t17?,18?,19?,23-,26-. The highest BCUT2D eigenvalue weighted by atomic mass is 16.5. The number of aliphatic hydroxyl groups is 1. The molecule has 1 heterocycles. The van der Waals surface area contributed by atoms with E-state index in [1.807, 2.05) is 26.1 Å². The summed E-state index contributed by atoms with van der Waals surface area (Å²) in [6.07, 6.45) is 10.8. The maximum absolute atomic E-state index is 13.4. The molecule has 188 valence electrons. The highest BCUT2D eigenvalue weighted by Gasteiger charge is 2.55. The van der Waals surface area contributed by atoms with Crippen molar-refractivity contribution in [3.8, 4) is 0 Å². The van der Waals surface area contributed by atoms with E-state index in [1.54, 1.807) is 10.9 Å². The quantitative estimate of drug-likeness (QED) is 0.513. The molecule has 4 saturated carbocycles. The average Bonchev–Trinajstić information content (AvgIpc) is 3.09. The molecule has 4 fully saturated rings. The second-order valence-electron chi connectivity index (χ2n) is 11.8. The van der Waals surface area contributed by atoms with Gasteiger partial charge in [0.2, 0.25) is 5.91 Å². The molecule has 0 spiro atoms.